The maximum atomic E-state index is 13.3. The summed E-state index contributed by atoms with van der Waals surface area (Å²) >= 11 is 0. The minimum atomic E-state index is -0.325. The number of nitrogens with zero attached hydrogens (tertiary/aromatic N) is 1. The first kappa shape index (κ1) is 24.5. The van der Waals surface area contributed by atoms with Gasteiger partial charge in [-0.15, -0.1) is 0 Å². The summed E-state index contributed by atoms with van der Waals surface area (Å²) in [6.07, 6.45) is 5.14. The van der Waals surface area contributed by atoms with Crippen LogP contribution >= 0.6 is 0 Å². The summed E-state index contributed by atoms with van der Waals surface area (Å²) in [4.78, 5) is 39.8. The molecule has 2 heterocycles. The lowest BCUT2D eigenvalue weighted by atomic mass is 9.94. The number of fused-ring (bicyclic) bond motifs is 2. The number of methoxy groups -OCH3 is 1. The zero-order valence-electron chi connectivity index (χ0n) is 20.0. The second kappa shape index (κ2) is 11.2. The molecule has 3 aliphatic rings. The quantitative estimate of drug-likeness (QED) is 0.589. The van der Waals surface area contributed by atoms with Gasteiger partial charge in [0.05, 0.1) is 30.7 Å². The summed E-state index contributed by atoms with van der Waals surface area (Å²) in [5.74, 6) is 0.294. The third-order valence-corrected chi connectivity index (χ3v) is 7.05. The summed E-state index contributed by atoms with van der Waals surface area (Å²) < 4.78 is 17.2. The Balaban J connectivity index is 1.41. The second-order valence-corrected chi connectivity index (χ2v) is 9.40. The minimum Gasteiger partial charge on any atom is -0.490 e. The van der Waals surface area contributed by atoms with Crippen LogP contribution in [0, 0.1) is 5.92 Å². The molecule has 2 fully saturated rings. The lowest BCUT2D eigenvalue weighted by molar-refractivity contribution is -0.134. The molecule has 1 aromatic rings. The molecule has 9 heteroatoms. The molecule has 186 valence electrons. The highest BCUT2D eigenvalue weighted by Gasteiger charge is 2.39. The molecule has 0 aromatic heterocycles. The van der Waals surface area contributed by atoms with E-state index in [4.69, 9.17) is 14.2 Å². The largest absolute Gasteiger partial charge is 0.490 e. The van der Waals surface area contributed by atoms with Crippen molar-refractivity contribution in [1.82, 2.24) is 10.2 Å². The summed E-state index contributed by atoms with van der Waals surface area (Å²) in [5.41, 5.74) is 1.04. The van der Waals surface area contributed by atoms with Crippen LogP contribution < -0.4 is 15.4 Å². The Bertz CT molecular complexity index is 901. The van der Waals surface area contributed by atoms with Gasteiger partial charge in [0.1, 0.15) is 18.5 Å². The maximum absolute atomic E-state index is 13.3. The fourth-order valence-electron chi connectivity index (χ4n) is 5.11. The molecule has 1 saturated heterocycles. The summed E-state index contributed by atoms with van der Waals surface area (Å²) in [7, 11) is 3.37. The second-order valence-electron chi connectivity index (χ2n) is 9.40. The van der Waals surface area contributed by atoms with Gasteiger partial charge in [-0.2, -0.15) is 0 Å². The SMILES string of the molecule is COCCNC(=O)C[C@H]1CC[C@@H]2[C@@H](COc3ccc(NC(=O)C4CCCC4)cc3C(=O)N2C)O1. The molecule has 0 unspecified atom stereocenters. The molecule has 2 aliphatic heterocycles. The van der Waals surface area contributed by atoms with E-state index in [0.717, 1.165) is 32.1 Å². The zero-order chi connectivity index (χ0) is 24.1. The number of hydrogen-bond donors (Lipinski definition) is 2. The lowest BCUT2D eigenvalue weighted by Gasteiger charge is -2.42. The normalized spacial score (nSPS) is 24.9. The predicted octanol–water partition coefficient (Wildman–Crippen LogP) is 2.35. The molecule has 34 heavy (non-hydrogen) atoms. The van der Waals surface area contributed by atoms with E-state index >= 15 is 0 Å². The molecule has 1 aromatic carbocycles. The smallest absolute Gasteiger partial charge is 0.257 e. The summed E-state index contributed by atoms with van der Waals surface area (Å²) in [6.45, 7) is 1.22. The van der Waals surface area contributed by atoms with Crippen molar-refractivity contribution in [3.8, 4) is 5.75 Å². The van der Waals surface area contributed by atoms with E-state index in [0.29, 0.717) is 36.6 Å². The van der Waals surface area contributed by atoms with Gasteiger partial charge in [-0.3, -0.25) is 14.4 Å². The van der Waals surface area contributed by atoms with Crippen molar-refractivity contribution in [3.05, 3.63) is 23.8 Å². The number of likely N-dealkylation sites (N-methyl/N-ethyl adjacent to an activating group) is 1. The van der Waals surface area contributed by atoms with Crippen LogP contribution in [0.4, 0.5) is 5.69 Å². The van der Waals surface area contributed by atoms with Crippen LogP contribution in [0.3, 0.4) is 0 Å². The van der Waals surface area contributed by atoms with Crippen molar-refractivity contribution in [2.45, 2.75) is 63.2 Å². The molecule has 3 amide bonds. The van der Waals surface area contributed by atoms with Gasteiger partial charge in [0, 0.05) is 32.3 Å². The number of carbonyl (C=O) groups excluding carboxylic acids is 3. The molecule has 2 N–H and O–H groups in total. The van der Waals surface area contributed by atoms with Gasteiger partial charge in [-0.25, -0.2) is 0 Å². The van der Waals surface area contributed by atoms with Gasteiger partial charge < -0.3 is 29.7 Å². The molecular formula is C25H35N3O6. The van der Waals surface area contributed by atoms with Crippen molar-refractivity contribution < 1.29 is 28.6 Å². The molecule has 9 nitrogen and oxygen atoms in total. The van der Waals surface area contributed by atoms with Crippen LogP contribution in [0.2, 0.25) is 0 Å². The minimum absolute atomic E-state index is 0.0167. The number of nitrogens with one attached hydrogen (secondary N) is 2. The Hall–Kier alpha value is -2.65. The molecule has 0 spiro atoms. The van der Waals surface area contributed by atoms with Crippen LogP contribution in [0.5, 0.6) is 5.75 Å². The van der Waals surface area contributed by atoms with Crippen molar-refractivity contribution in [1.29, 1.82) is 0 Å². The zero-order valence-corrected chi connectivity index (χ0v) is 20.0. The van der Waals surface area contributed by atoms with Gasteiger partial charge in [0.15, 0.2) is 0 Å². The number of benzene rings is 1. The Kier molecular flexibility index (Phi) is 8.05. The van der Waals surface area contributed by atoms with Crippen LogP contribution in [-0.2, 0) is 19.1 Å². The van der Waals surface area contributed by atoms with Gasteiger partial charge in [-0.05, 0) is 43.9 Å². The average molecular weight is 474 g/mol. The number of anilines is 1. The van der Waals surface area contributed by atoms with Crippen LogP contribution in [0.15, 0.2) is 18.2 Å². The van der Waals surface area contributed by atoms with Gasteiger partial charge in [0.25, 0.3) is 5.91 Å². The highest BCUT2D eigenvalue weighted by atomic mass is 16.5. The van der Waals surface area contributed by atoms with Crippen molar-refractivity contribution >= 4 is 23.4 Å². The van der Waals surface area contributed by atoms with Crippen LogP contribution in [0.1, 0.15) is 55.3 Å². The molecule has 0 bridgehead atoms. The first-order valence-corrected chi connectivity index (χ1v) is 12.2. The Morgan fingerprint density at radius 1 is 1.18 bits per heavy atom. The molecule has 4 rings (SSSR count). The van der Waals surface area contributed by atoms with E-state index in [-0.39, 0.29) is 54.9 Å². The highest BCUT2D eigenvalue weighted by Crippen LogP contribution is 2.33. The van der Waals surface area contributed by atoms with E-state index in [9.17, 15) is 14.4 Å². The predicted molar refractivity (Wildman–Crippen MR) is 126 cm³/mol. The van der Waals surface area contributed by atoms with Gasteiger partial charge in [-0.1, -0.05) is 12.8 Å². The van der Waals surface area contributed by atoms with E-state index in [2.05, 4.69) is 10.6 Å². The van der Waals surface area contributed by atoms with Gasteiger partial charge in [0.2, 0.25) is 11.8 Å². The van der Waals surface area contributed by atoms with Crippen molar-refractivity contribution in [2.24, 2.45) is 5.92 Å². The van der Waals surface area contributed by atoms with E-state index in [1.54, 1.807) is 37.3 Å². The molecule has 0 radical (unpaired) electrons. The summed E-state index contributed by atoms with van der Waals surface area (Å²) in [6, 6.07) is 5.06. The monoisotopic (exact) mass is 473 g/mol. The number of ether oxygens (including phenoxy) is 3. The van der Waals surface area contributed by atoms with Crippen LogP contribution in [0.25, 0.3) is 0 Å². The molecular weight excluding hydrogens is 438 g/mol. The fourth-order valence-corrected chi connectivity index (χ4v) is 5.11. The highest BCUT2D eigenvalue weighted by molar-refractivity contribution is 6.00. The Labute approximate surface area is 200 Å². The first-order valence-electron chi connectivity index (χ1n) is 12.2. The van der Waals surface area contributed by atoms with E-state index in [1.165, 1.54) is 0 Å². The number of amides is 3. The lowest BCUT2D eigenvalue weighted by Crippen LogP contribution is -2.54. The molecule has 3 atom stereocenters. The third-order valence-electron chi connectivity index (χ3n) is 7.05. The molecule has 1 aliphatic carbocycles. The number of hydrogen-bond acceptors (Lipinski definition) is 6. The fraction of sp³-hybridized carbons (Fsp3) is 0.640. The van der Waals surface area contributed by atoms with Crippen molar-refractivity contribution in [3.63, 3.8) is 0 Å². The van der Waals surface area contributed by atoms with Gasteiger partial charge >= 0.3 is 0 Å². The Morgan fingerprint density at radius 3 is 2.74 bits per heavy atom. The van der Waals surface area contributed by atoms with Crippen molar-refractivity contribution in [2.75, 3.05) is 39.2 Å². The van der Waals surface area contributed by atoms with E-state index in [1.807, 2.05) is 0 Å². The number of rotatable bonds is 7. The number of carbonyl (C=O) groups is 3. The van der Waals surface area contributed by atoms with Crippen LogP contribution in [-0.4, -0.2) is 74.8 Å². The average Bonchev–Trinajstić information content (AvgIpc) is 3.37. The maximum Gasteiger partial charge on any atom is 0.257 e. The first-order chi connectivity index (χ1) is 16.5. The molecule has 1 saturated carbocycles. The topological polar surface area (TPSA) is 106 Å². The Morgan fingerprint density at radius 2 is 1.97 bits per heavy atom. The summed E-state index contributed by atoms with van der Waals surface area (Å²) in [5, 5.41) is 5.79. The van der Waals surface area contributed by atoms with E-state index < -0.39 is 0 Å². The third kappa shape index (κ3) is 5.70. The standard InChI is InChI=1S/C25H35N3O6/c1-28-20-9-8-18(14-23(29)26-11-12-32-2)34-22(20)15-33-21-10-7-17(13-19(21)25(28)31)27-24(30)16-5-3-4-6-16/h7,10,13,16,18,20,22H,3-6,8-9,11-12,14-15H2,1-2H3,(H,26,29)(H,27,30)/t18-,20-,22-/m1/s1.